The zero-order valence-electron chi connectivity index (χ0n) is 15.2. The van der Waals surface area contributed by atoms with Gasteiger partial charge in [-0.3, -0.25) is 4.79 Å². The van der Waals surface area contributed by atoms with Crippen LogP contribution in [0.4, 0.5) is 0 Å². The third-order valence-corrected chi connectivity index (χ3v) is 3.52. The Labute approximate surface area is 152 Å². The van der Waals surface area contributed by atoms with Crippen LogP contribution in [0.15, 0.2) is 12.5 Å². The minimum atomic E-state index is -1.11. The Morgan fingerprint density at radius 1 is 1.15 bits per heavy atom. The van der Waals surface area contributed by atoms with E-state index in [0.717, 1.165) is 0 Å². The number of carbonyl (C=O) groups excluding carboxylic acids is 1. The average Bonchev–Trinajstić information content (AvgIpc) is 3.13. The molecule has 0 aliphatic carbocycles. The zero-order chi connectivity index (χ0) is 19.2. The van der Waals surface area contributed by atoms with Crippen LogP contribution in [0, 0.1) is 0 Å². The third-order valence-electron chi connectivity index (χ3n) is 3.52. The smallest absolute Gasteiger partial charge is 0.326 e. The lowest BCUT2D eigenvalue weighted by molar-refractivity contribution is -0.153. The van der Waals surface area contributed by atoms with E-state index in [-0.39, 0.29) is 32.8 Å². The highest BCUT2D eigenvalue weighted by molar-refractivity contribution is 5.84. The van der Waals surface area contributed by atoms with Crippen molar-refractivity contribution >= 4 is 11.9 Å². The number of H-pyrrole nitrogens is 1. The number of carboxylic acid groups (broad SMARTS) is 1. The molecule has 0 saturated carbocycles. The molecular weight excluding hydrogens is 346 g/mol. The molecule has 1 aromatic heterocycles. The number of hydrogen-bond acceptors (Lipinski definition) is 7. The van der Waals surface area contributed by atoms with Gasteiger partial charge in [0.25, 0.3) is 0 Å². The van der Waals surface area contributed by atoms with Crippen LogP contribution >= 0.6 is 0 Å². The van der Waals surface area contributed by atoms with Gasteiger partial charge >= 0.3 is 5.97 Å². The van der Waals surface area contributed by atoms with Crippen molar-refractivity contribution in [1.82, 2.24) is 14.9 Å². The van der Waals surface area contributed by atoms with Crippen LogP contribution in [-0.4, -0.2) is 98.3 Å². The molecule has 0 fully saturated rings. The molecule has 10 heteroatoms. The number of imidazole rings is 1. The monoisotopic (exact) mass is 373 g/mol. The van der Waals surface area contributed by atoms with E-state index in [2.05, 4.69) is 9.97 Å². The molecule has 1 aromatic rings. The number of hydrogen-bond donors (Lipinski definition) is 2. The highest BCUT2D eigenvalue weighted by atomic mass is 16.5. The van der Waals surface area contributed by atoms with Gasteiger partial charge < -0.3 is 33.9 Å². The SMILES string of the molecule is COCCOCCN(C(=O)COCCOC)C(Cc1cnc[nH]1)C(=O)O. The molecule has 1 unspecified atom stereocenters. The normalized spacial score (nSPS) is 12.1. The van der Waals surface area contributed by atoms with Crippen molar-refractivity contribution in [2.75, 3.05) is 60.4 Å². The molecule has 0 radical (unpaired) electrons. The number of aromatic nitrogens is 2. The molecule has 10 nitrogen and oxygen atoms in total. The summed E-state index contributed by atoms with van der Waals surface area (Å²) in [5, 5.41) is 9.59. The van der Waals surface area contributed by atoms with Gasteiger partial charge in [-0.25, -0.2) is 9.78 Å². The second-order valence-corrected chi connectivity index (χ2v) is 5.37. The Kier molecular flexibility index (Phi) is 11.2. The number of aliphatic carboxylic acids is 1. The van der Waals surface area contributed by atoms with Crippen LogP contribution in [0.3, 0.4) is 0 Å². The number of nitrogens with one attached hydrogen (secondary N) is 1. The van der Waals surface area contributed by atoms with E-state index in [1.165, 1.54) is 24.5 Å². The second-order valence-electron chi connectivity index (χ2n) is 5.37. The van der Waals surface area contributed by atoms with Crippen LogP contribution in [0.25, 0.3) is 0 Å². The van der Waals surface area contributed by atoms with Crippen molar-refractivity contribution in [2.45, 2.75) is 12.5 Å². The fourth-order valence-corrected chi connectivity index (χ4v) is 2.18. The van der Waals surface area contributed by atoms with Crippen molar-refractivity contribution < 1.29 is 33.6 Å². The Bertz CT molecular complexity index is 510. The van der Waals surface area contributed by atoms with Crippen molar-refractivity contribution in [2.24, 2.45) is 0 Å². The lowest BCUT2D eigenvalue weighted by Gasteiger charge is -2.28. The fraction of sp³-hybridized carbons (Fsp3) is 0.688. The van der Waals surface area contributed by atoms with Crippen LogP contribution in [0.5, 0.6) is 0 Å². The molecule has 0 aromatic carbocycles. The standard InChI is InChI=1S/C16H27N3O7/c1-23-5-7-25-4-3-19(15(20)11-26-8-6-24-2)14(16(21)22)9-13-10-17-12-18-13/h10,12,14H,3-9,11H2,1-2H3,(H,17,18)(H,21,22). The van der Waals surface area contributed by atoms with Crippen LogP contribution in [-0.2, 0) is 35.0 Å². The summed E-state index contributed by atoms with van der Waals surface area (Å²) in [5.74, 6) is -1.54. The molecule has 1 rings (SSSR count). The van der Waals surface area contributed by atoms with E-state index in [1.807, 2.05) is 0 Å². The quantitative estimate of drug-likeness (QED) is 0.397. The highest BCUT2D eigenvalue weighted by Gasteiger charge is 2.30. The van der Waals surface area contributed by atoms with Gasteiger partial charge in [0.05, 0.1) is 39.4 Å². The summed E-state index contributed by atoms with van der Waals surface area (Å²) in [7, 11) is 3.08. The van der Waals surface area contributed by atoms with Gasteiger partial charge in [0.15, 0.2) is 0 Å². The molecule has 0 spiro atoms. The number of methoxy groups -OCH3 is 2. The van der Waals surface area contributed by atoms with E-state index in [4.69, 9.17) is 18.9 Å². The third kappa shape index (κ3) is 8.39. The second kappa shape index (κ2) is 13.2. The summed E-state index contributed by atoms with van der Waals surface area (Å²) < 4.78 is 20.3. The summed E-state index contributed by atoms with van der Waals surface area (Å²) in [6.07, 6.45) is 3.10. The fourth-order valence-electron chi connectivity index (χ4n) is 2.18. The predicted molar refractivity (Wildman–Crippen MR) is 90.8 cm³/mol. The molecule has 2 N–H and O–H groups in total. The van der Waals surface area contributed by atoms with Crippen molar-refractivity contribution in [3.05, 3.63) is 18.2 Å². The van der Waals surface area contributed by atoms with Crippen LogP contribution in [0.2, 0.25) is 0 Å². The minimum absolute atomic E-state index is 0.108. The molecule has 148 valence electrons. The Morgan fingerprint density at radius 2 is 1.85 bits per heavy atom. The molecule has 0 saturated heterocycles. The van der Waals surface area contributed by atoms with Gasteiger partial charge in [0.2, 0.25) is 5.91 Å². The van der Waals surface area contributed by atoms with E-state index in [0.29, 0.717) is 25.5 Å². The maximum atomic E-state index is 12.5. The molecule has 0 bridgehead atoms. The largest absolute Gasteiger partial charge is 0.480 e. The molecule has 1 heterocycles. The molecule has 0 aliphatic rings. The number of ether oxygens (including phenoxy) is 4. The van der Waals surface area contributed by atoms with Gasteiger partial charge in [-0.1, -0.05) is 0 Å². The van der Waals surface area contributed by atoms with Gasteiger partial charge in [-0.05, 0) is 0 Å². The Morgan fingerprint density at radius 3 is 2.42 bits per heavy atom. The summed E-state index contributed by atoms with van der Waals surface area (Å²) in [6, 6.07) is -1.06. The molecular formula is C16H27N3O7. The number of amides is 1. The van der Waals surface area contributed by atoms with Crippen LogP contribution in [0.1, 0.15) is 5.69 Å². The molecule has 1 amide bonds. The lowest BCUT2D eigenvalue weighted by Crippen LogP contribution is -2.49. The van der Waals surface area contributed by atoms with Crippen LogP contribution < -0.4 is 0 Å². The highest BCUT2D eigenvalue weighted by Crippen LogP contribution is 2.09. The zero-order valence-corrected chi connectivity index (χ0v) is 15.2. The van der Waals surface area contributed by atoms with E-state index < -0.39 is 17.9 Å². The number of rotatable bonds is 15. The first-order valence-corrected chi connectivity index (χ1v) is 8.23. The topological polar surface area (TPSA) is 123 Å². The number of aromatic amines is 1. The van der Waals surface area contributed by atoms with Gasteiger partial charge in [0.1, 0.15) is 12.6 Å². The molecule has 0 aliphatic heterocycles. The lowest BCUT2D eigenvalue weighted by atomic mass is 10.1. The van der Waals surface area contributed by atoms with E-state index in [9.17, 15) is 14.7 Å². The first-order valence-electron chi connectivity index (χ1n) is 8.23. The minimum Gasteiger partial charge on any atom is -0.480 e. The maximum absolute atomic E-state index is 12.5. The number of carboxylic acids is 1. The average molecular weight is 373 g/mol. The summed E-state index contributed by atoms with van der Waals surface area (Å²) in [6.45, 7) is 1.48. The molecule has 1 atom stereocenters. The first kappa shape index (κ1) is 22.0. The predicted octanol–water partition coefficient (Wildman–Crippen LogP) is -0.440. The summed E-state index contributed by atoms with van der Waals surface area (Å²) in [4.78, 5) is 32.2. The van der Waals surface area contributed by atoms with Gasteiger partial charge in [-0.2, -0.15) is 0 Å². The van der Waals surface area contributed by atoms with Crippen molar-refractivity contribution in [3.63, 3.8) is 0 Å². The van der Waals surface area contributed by atoms with Gasteiger partial charge in [0, 0.05) is 39.1 Å². The molecule has 26 heavy (non-hydrogen) atoms. The summed E-state index contributed by atoms with van der Waals surface area (Å²) >= 11 is 0. The van der Waals surface area contributed by atoms with Crippen molar-refractivity contribution in [1.29, 1.82) is 0 Å². The Hall–Kier alpha value is -2.01. The Balaban J connectivity index is 2.70. The van der Waals surface area contributed by atoms with Gasteiger partial charge in [-0.15, -0.1) is 0 Å². The van der Waals surface area contributed by atoms with E-state index >= 15 is 0 Å². The number of nitrogens with zero attached hydrogens (tertiary/aromatic N) is 2. The summed E-state index contributed by atoms with van der Waals surface area (Å²) in [5.41, 5.74) is 0.621. The van der Waals surface area contributed by atoms with E-state index in [1.54, 1.807) is 7.11 Å². The van der Waals surface area contributed by atoms with Crippen molar-refractivity contribution in [3.8, 4) is 0 Å². The maximum Gasteiger partial charge on any atom is 0.326 e. The first-order chi connectivity index (χ1) is 12.6. The number of carbonyl (C=O) groups is 2.